The molecule has 60 valence electrons. The van der Waals surface area contributed by atoms with Gasteiger partial charge in [-0.25, -0.2) is 0 Å². The monoisotopic (exact) mass is 164 g/mol. The van der Waals surface area contributed by atoms with E-state index in [-0.39, 0.29) is 5.75 Å². The van der Waals surface area contributed by atoms with E-state index in [0.29, 0.717) is 5.92 Å². The Bertz CT molecular complexity index is 191. The van der Waals surface area contributed by atoms with Crippen LogP contribution in [0.15, 0.2) is 0 Å². The van der Waals surface area contributed by atoms with Gasteiger partial charge in [-0.15, -0.1) is 0 Å². The van der Waals surface area contributed by atoms with Gasteiger partial charge >= 0.3 is 0 Å². The first kappa shape index (κ1) is 8.01. The first-order valence-corrected chi connectivity index (χ1v) is 5.00. The fraction of sp³-hybridized carbons (Fsp3) is 1.00. The maximum absolute atomic E-state index is 10.8. The maximum atomic E-state index is 10.8. The zero-order valence-electron chi connectivity index (χ0n) is 6.04. The topological polar surface area (TPSA) is 43.4 Å². The third-order valence-electron chi connectivity index (χ3n) is 1.92. The van der Waals surface area contributed by atoms with Crippen LogP contribution >= 0.6 is 0 Å². The number of hydrogen-bond acceptors (Lipinski definition) is 3. The Kier molecular flexibility index (Phi) is 2.31. The van der Waals surface area contributed by atoms with Crippen molar-refractivity contribution in [2.75, 3.05) is 12.9 Å². The summed E-state index contributed by atoms with van der Waals surface area (Å²) in [6.07, 6.45) is 3.26. The Hall–Kier alpha value is -0.0900. The van der Waals surface area contributed by atoms with Crippen molar-refractivity contribution in [1.29, 1.82) is 0 Å². The van der Waals surface area contributed by atoms with Gasteiger partial charge < -0.3 is 0 Å². The maximum Gasteiger partial charge on any atom is 0.267 e. The molecule has 1 aliphatic rings. The van der Waals surface area contributed by atoms with E-state index in [4.69, 9.17) is 0 Å². The highest BCUT2D eigenvalue weighted by Crippen LogP contribution is 2.27. The summed E-state index contributed by atoms with van der Waals surface area (Å²) in [6, 6.07) is 0. The lowest BCUT2D eigenvalue weighted by atomic mass is 9.87. The first-order chi connectivity index (χ1) is 4.64. The average molecular weight is 164 g/mol. The second kappa shape index (κ2) is 2.88. The standard InChI is InChI=1S/C6H12O3S/c1-9-10(7,8)5-6-3-2-4-6/h6H,2-5H2,1H3. The third kappa shape index (κ3) is 1.95. The lowest BCUT2D eigenvalue weighted by Crippen LogP contribution is -2.22. The summed E-state index contributed by atoms with van der Waals surface area (Å²) in [4.78, 5) is 0. The lowest BCUT2D eigenvalue weighted by molar-refractivity contribution is 0.326. The van der Waals surface area contributed by atoms with E-state index in [2.05, 4.69) is 4.18 Å². The van der Waals surface area contributed by atoms with Crippen molar-refractivity contribution in [2.45, 2.75) is 19.3 Å². The van der Waals surface area contributed by atoms with Gasteiger partial charge in [-0.2, -0.15) is 8.42 Å². The molecule has 1 aliphatic carbocycles. The molecule has 10 heavy (non-hydrogen) atoms. The van der Waals surface area contributed by atoms with E-state index >= 15 is 0 Å². The van der Waals surface area contributed by atoms with Crippen molar-refractivity contribution < 1.29 is 12.6 Å². The molecule has 0 aromatic heterocycles. The minimum Gasteiger partial charge on any atom is -0.273 e. The van der Waals surface area contributed by atoms with Crippen molar-refractivity contribution >= 4 is 10.1 Å². The highest BCUT2D eigenvalue weighted by atomic mass is 32.2. The van der Waals surface area contributed by atoms with Gasteiger partial charge in [-0.3, -0.25) is 4.18 Å². The molecular weight excluding hydrogens is 152 g/mol. The smallest absolute Gasteiger partial charge is 0.267 e. The second-order valence-electron chi connectivity index (χ2n) is 2.69. The molecule has 3 nitrogen and oxygen atoms in total. The van der Waals surface area contributed by atoms with E-state index in [9.17, 15) is 8.42 Å². The van der Waals surface area contributed by atoms with Gasteiger partial charge in [-0.1, -0.05) is 6.42 Å². The number of hydrogen-bond donors (Lipinski definition) is 0. The van der Waals surface area contributed by atoms with Gasteiger partial charge in [0.2, 0.25) is 0 Å². The van der Waals surface area contributed by atoms with Crippen LogP contribution in [0.1, 0.15) is 19.3 Å². The molecule has 0 spiro atoms. The highest BCUT2D eigenvalue weighted by Gasteiger charge is 2.23. The molecule has 0 amide bonds. The van der Waals surface area contributed by atoms with Crippen LogP contribution in [0.2, 0.25) is 0 Å². The van der Waals surface area contributed by atoms with Crippen LogP contribution in [-0.2, 0) is 14.3 Å². The van der Waals surface area contributed by atoms with Crippen molar-refractivity contribution in [3.8, 4) is 0 Å². The molecule has 0 atom stereocenters. The van der Waals surface area contributed by atoms with Gasteiger partial charge in [0.1, 0.15) is 0 Å². The van der Waals surface area contributed by atoms with Crippen molar-refractivity contribution in [3.63, 3.8) is 0 Å². The molecule has 4 heteroatoms. The predicted octanol–water partition coefficient (Wildman–Crippen LogP) is 0.763. The molecule has 0 radical (unpaired) electrons. The summed E-state index contributed by atoms with van der Waals surface area (Å²) in [5.74, 6) is 0.577. The van der Waals surface area contributed by atoms with E-state index < -0.39 is 10.1 Å². The Balaban J connectivity index is 2.36. The minimum atomic E-state index is -3.18. The first-order valence-electron chi connectivity index (χ1n) is 3.42. The van der Waals surface area contributed by atoms with Crippen molar-refractivity contribution in [1.82, 2.24) is 0 Å². The molecule has 0 aromatic rings. The van der Waals surface area contributed by atoms with Gasteiger partial charge in [0, 0.05) is 0 Å². The largest absolute Gasteiger partial charge is 0.273 e. The molecule has 1 rings (SSSR count). The van der Waals surface area contributed by atoms with Gasteiger partial charge in [0.05, 0.1) is 12.9 Å². The van der Waals surface area contributed by atoms with Gasteiger partial charge in [-0.05, 0) is 18.8 Å². The van der Waals surface area contributed by atoms with Crippen LogP contribution in [-0.4, -0.2) is 21.3 Å². The van der Waals surface area contributed by atoms with E-state index in [1.165, 1.54) is 13.5 Å². The molecular formula is C6H12O3S. The van der Waals surface area contributed by atoms with Crippen LogP contribution in [0.4, 0.5) is 0 Å². The van der Waals surface area contributed by atoms with Crippen LogP contribution < -0.4 is 0 Å². The molecule has 0 bridgehead atoms. The normalized spacial score (nSPS) is 20.5. The molecule has 0 aromatic carbocycles. The molecule has 0 N–H and O–H groups in total. The van der Waals surface area contributed by atoms with E-state index in [0.717, 1.165) is 12.8 Å². The summed E-state index contributed by atoms with van der Waals surface area (Å²) < 4.78 is 25.9. The van der Waals surface area contributed by atoms with Crippen LogP contribution in [0.25, 0.3) is 0 Å². The Morgan fingerprint density at radius 2 is 2.10 bits per heavy atom. The molecule has 1 fully saturated rings. The highest BCUT2D eigenvalue weighted by molar-refractivity contribution is 7.86. The van der Waals surface area contributed by atoms with Crippen LogP contribution in [0.3, 0.4) is 0 Å². The predicted molar refractivity (Wildman–Crippen MR) is 38.1 cm³/mol. The summed E-state index contributed by atoms with van der Waals surface area (Å²) in [5, 5.41) is 0. The van der Waals surface area contributed by atoms with E-state index in [1.807, 2.05) is 0 Å². The second-order valence-corrected chi connectivity index (χ2v) is 4.47. The summed E-state index contributed by atoms with van der Waals surface area (Å²) >= 11 is 0. The van der Waals surface area contributed by atoms with Crippen LogP contribution in [0.5, 0.6) is 0 Å². The van der Waals surface area contributed by atoms with Crippen molar-refractivity contribution in [2.24, 2.45) is 5.92 Å². The molecule has 0 aliphatic heterocycles. The van der Waals surface area contributed by atoms with Crippen LogP contribution in [0, 0.1) is 5.92 Å². The fourth-order valence-electron chi connectivity index (χ4n) is 1.02. The summed E-state index contributed by atoms with van der Waals surface area (Å²) in [5.41, 5.74) is 0. The summed E-state index contributed by atoms with van der Waals surface area (Å²) in [7, 11) is -1.96. The van der Waals surface area contributed by atoms with E-state index in [1.54, 1.807) is 0 Å². The zero-order chi connectivity index (χ0) is 7.61. The minimum absolute atomic E-state index is 0.212. The molecule has 0 saturated heterocycles. The summed E-state index contributed by atoms with van der Waals surface area (Å²) in [6.45, 7) is 0. The zero-order valence-corrected chi connectivity index (χ0v) is 6.86. The fourth-order valence-corrected chi connectivity index (χ4v) is 2.06. The van der Waals surface area contributed by atoms with Crippen molar-refractivity contribution in [3.05, 3.63) is 0 Å². The lowest BCUT2D eigenvalue weighted by Gasteiger charge is -2.23. The average Bonchev–Trinajstić information content (AvgIpc) is 1.80. The third-order valence-corrected chi connectivity index (χ3v) is 3.31. The SMILES string of the molecule is COS(=O)(=O)CC1CCC1. The molecule has 0 unspecified atom stereocenters. The number of rotatable bonds is 3. The Labute approximate surface area is 61.5 Å². The Morgan fingerprint density at radius 1 is 1.50 bits per heavy atom. The molecule has 0 heterocycles. The van der Waals surface area contributed by atoms with Gasteiger partial charge in [0.25, 0.3) is 10.1 Å². The Morgan fingerprint density at radius 3 is 2.40 bits per heavy atom. The molecule has 1 saturated carbocycles. The van der Waals surface area contributed by atoms with Gasteiger partial charge in [0.15, 0.2) is 0 Å². The quantitative estimate of drug-likeness (QED) is 0.578.